The van der Waals surface area contributed by atoms with Gasteiger partial charge in [-0.3, -0.25) is 0 Å². The van der Waals surface area contributed by atoms with Crippen molar-refractivity contribution in [2.45, 2.75) is 32.2 Å². The fourth-order valence-corrected chi connectivity index (χ4v) is 0. The summed E-state index contributed by atoms with van der Waals surface area (Å²) in [5.41, 5.74) is 0. The number of rotatable bonds is 1. The highest BCUT2D eigenvalue weighted by Gasteiger charge is 2.03. The maximum Gasteiger partial charge on any atom is 0.0156 e. The van der Waals surface area contributed by atoms with Crippen LogP contribution in [0.3, 0.4) is 0 Å². The standard InChI is InChI=1S/C5H13Si/c1-4-5(2,3)6/h4,6H2,1-3H3. The van der Waals surface area contributed by atoms with E-state index >= 15 is 0 Å². The normalized spacial score (nSPS) is 12.0. The Morgan fingerprint density at radius 2 is 1.67 bits per heavy atom. The van der Waals surface area contributed by atoms with Gasteiger partial charge in [0.1, 0.15) is 0 Å². The predicted molar refractivity (Wildman–Crippen MR) is 32.9 cm³/mol. The topological polar surface area (TPSA) is 0 Å². The van der Waals surface area contributed by atoms with Gasteiger partial charge in [-0.25, -0.2) is 0 Å². The van der Waals surface area contributed by atoms with Crippen LogP contribution in [0.4, 0.5) is 0 Å². The van der Waals surface area contributed by atoms with Crippen LogP contribution in [-0.4, -0.2) is 10.2 Å². The minimum Gasteiger partial charge on any atom is -0.0652 e. The summed E-state index contributed by atoms with van der Waals surface area (Å²) < 4.78 is 0. The molecule has 0 aliphatic heterocycles. The van der Waals surface area contributed by atoms with Crippen LogP contribution in [0.15, 0.2) is 0 Å². The highest BCUT2D eigenvalue weighted by atomic mass is 28.1. The molecular formula is C5H13Si. The molecule has 0 saturated carbocycles. The van der Waals surface area contributed by atoms with E-state index in [0.29, 0.717) is 5.04 Å². The third-order valence-electron chi connectivity index (χ3n) is 0.957. The van der Waals surface area contributed by atoms with Crippen LogP contribution in [0.25, 0.3) is 0 Å². The van der Waals surface area contributed by atoms with Gasteiger partial charge in [-0.05, 0) is 5.04 Å². The first-order valence-corrected chi connectivity index (χ1v) is 3.12. The Morgan fingerprint density at radius 3 is 1.67 bits per heavy atom. The summed E-state index contributed by atoms with van der Waals surface area (Å²) in [6, 6.07) is 0. The highest BCUT2D eigenvalue weighted by Crippen LogP contribution is 2.21. The Hall–Kier alpha value is 0.217. The molecule has 0 fully saturated rings. The Kier molecular flexibility index (Phi) is 1.85. The molecule has 0 saturated heterocycles. The van der Waals surface area contributed by atoms with Gasteiger partial charge in [-0.15, -0.1) is 0 Å². The molecule has 1 radical (unpaired) electrons. The quantitative estimate of drug-likeness (QED) is 0.436. The fraction of sp³-hybridized carbons (Fsp3) is 1.00. The third-order valence-corrected chi connectivity index (χ3v) is 1.46. The maximum atomic E-state index is 2.26. The largest absolute Gasteiger partial charge is 0.0652 e. The molecule has 1 heteroatoms. The van der Waals surface area contributed by atoms with Gasteiger partial charge in [-0.2, -0.15) is 0 Å². The van der Waals surface area contributed by atoms with Gasteiger partial charge in [0.15, 0.2) is 0 Å². The van der Waals surface area contributed by atoms with Crippen molar-refractivity contribution in [2.24, 2.45) is 0 Å². The van der Waals surface area contributed by atoms with E-state index in [1.54, 1.807) is 0 Å². The van der Waals surface area contributed by atoms with Crippen LogP contribution >= 0.6 is 0 Å². The molecule has 0 N–H and O–H groups in total. The molecule has 0 nitrogen and oxygen atoms in total. The molecule has 0 aromatic rings. The average Bonchev–Trinajstić information content (AvgIpc) is 1.35. The summed E-state index contributed by atoms with van der Waals surface area (Å²) in [5.74, 6) is 0. The molecular weight excluding hydrogens is 88.1 g/mol. The van der Waals surface area contributed by atoms with Crippen LogP contribution in [0.1, 0.15) is 27.2 Å². The zero-order chi connectivity index (χ0) is 5.21. The molecule has 6 heavy (non-hydrogen) atoms. The van der Waals surface area contributed by atoms with Crippen molar-refractivity contribution in [3.63, 3.8) is 0 Å². The van der Waals surface area contributed by atoms with E-state index in [9.17, 15) is 0 Å². The van der Waals surface area contributed by atoms with E-state index in [2.05, 4.69) is 31.0 Å². The van der Waals surface area contributed by atoms with Gasteiger partial charge < -0.3 is 0 Å². The lowest BCUT2D eigenvalue weighted by molar-refractivity contribution is 0.654. The van der Waals surface area contributed by atoms with Gasteiger partial charge in [-0.1, -0.05) is 27.2 Å². The molecule has 0 rings (SSSR count). The monoisotopic (exact) mass is 101 g/mol. The average molecular weight is 101 g/mol. The van der Waals surface area contributed by atoms with E-state index in [1.807, 2.05) is 0 Å². The fourth-order valence-electron chi connectivity index (χ4n) is 0. The first-order chi connectivity index (χ1) is 2.56. The maximum absolute atomic E-state index is 2.26. The first kappa shape index (κ1) is 6.22. The van der Waals surface area contributed by atoms with Crippen molar-refractivity contribution >= 4 is 10.2 Å². The van der Waals surface area contributed by atoms with Gasteiger partial charge in [0.25, 0.3) is 0 Å². The smallest absolute Gasteiger partial charge is 0.0156 e. The lowest BCUT2D eigenvalue weighted by atomic mass is 10.1. The molecule has 0 amide bonds. The zero-order valence-electron chi connectivity index (χ0n) is 4.91. The number of hydrogen-bond donors (Lipinski definition) is 0. The lowest BCUT2D eigenvalue weighted by Gasteiger charge is -2.12. The Labute approximate surface area is 43.4 Å². The molecule has 0 heterocycles. The molecule has 0 bridgehead atoms. The second-order valence-corrected chi connectivity index (χ2v) is 4.43. The van der Waals surface area contributed by atoms with Crippen molar-refractivity contribution in [3.8, 4) is 0 Å². The predicted octanol–water partition coefficient (Wildman–Crippen LogP) is 1.23. The SMILES string of the molecule is CCC(C)(C)[SiH2]. The third kappa shape index (κ3) is 4.22. The van der Waals surface area contributed by atoms with Crippen LogP contribution in [-0.2, 0) is 0 Å². The second-order valence-electron chi connectivity index (χ2n) is 2.52. The summed E-state index contributed by atoms with van der Waals surface area (Å²) in [5, 5.41) is 0.569. The Balaban J connectivity index is 3.17. The highest BCUT2D eigenvalue weighted by molar-refractivity contribution is 6.14. The number of hydrogen-bond acceptors (Lipinski definition) is 0. The summed E-state index contributed by atoms with van der Waals surface area (Å²) in [7, 11) is 2.06. The molecule has 0 aromatic carbocycles. The molecule has 37 valence electrons. The van der Waals surface area contributed by atoms with Crippen molar-refractivity contribution in [1.29, 1.82) is 0 Å². The molecule has 0 aliphatic carbocycles. The van der Waals surface area contributed by atoms with E-state index in [1.165, 1.54) is 6.42 Å². The summed E-state index contributed by atoms with van der Waals surface area (Å²) >= 11 is 0. The van der Waals surface area contributed by atoms with E-state index < -0.39 is 0 Å². The summed E-state index contributed by atoms with van der Waals surface area (Å²) in [6.45, 7) is 6.73. The minimum atomic E-state index is 0.569. The first-order valence-electron chi connectivity index (χ1n) is 2.41. The van der Waals surface area contributed by atoms with Gasteiger partial charge in [0.2, 0.25) is 0 Å². The Morgan fingerprint density at radius 1 is 1.50 bits per heavy atom. The van der Waals surface area contributed by atoms with Gasteiger partial charge >= 0.3 is 0 Å². The molecule has 0 unspecified atom stereocenters. The van der Waals surface area contributed by atoms with Gasteiger partial charge in [0.05, 0.1) is 0 Å². The van der Waals surface area contributed by atoms with Crippen molar-refractivity contribution in [2.75, 3.05) is 0 Å². The van der Waals surface area contributed by atoms with E-state index in [-0.39, 0.29) is 0 Å². The van der Waals surface area contributed by atoms with Crippen molar-refractivity contribution in [3.05, 3.63) is 0 Å². The van der Waals surface area contributed by atoms with Crippen molar-refractivity contribution < 1.29 is 0 Å². The van der Waals surface area contributed by atoms with E-state index in [0.717, 1.165) is 0 Å². The van der Waals surface area contributed by atoms with Crippen LogP contribution in [0.2, 0.25) is 5.04 Å². The minimum absolute atomic E-state index is 0.569. The molecule has 0 aliphatic rings. The van der Waals surface area contributed by atoms with E-state index in [4.69, 9.17) is 0 Å². The Bertz CT molecular complexity index is 33.7. The lowest BCUT2D eigenvalue weighted by Crippen LogP contribution is -1.97. The van der Waals surface area contributed by atoms with Gasteiger partial charge in [0, 0.05) is 10.2 Å². The second kappa shape index (κ2) is 1.78. The molecule has 0 aromatic heterocycles. The van der Waals surface area contributed by atoms with Crippen LogP contribution < -0.4 is 0 Å². The van der Waals surface area contributed by atoms with Crippen LogP contribution in [0, 0.1) is 0 Å². The zero-order valence-corrected chi connectivity index (χ0v) is 6.33. The summed E-state index contributed by atoms with van der Waals surface area (Å²) in [6.07, 6.45) is 1.28. The molecule has 0 spiro atoms. The van der Waals surface area contributed by atoms with Crippen LogP contribution in [0.5, 0.6) is 0 Å². The van der Waals surface area contributed by atoms with Crippen molar-refractivity contribution in [1.82, 2.24) is 0 Å². The molecule has 0 atom stereocenters. The summed E-state index contributed by atoms with van der Waals surface area (Å²) in [4.78, 5) is 0.